The number of aliphatic hydroxyl groups is 3. The molecule has 5 N–H and O–H groups in total. The smallest absolute Gasteiger partial charge is 0.280 e. The molecule has 1 amide bonds. The summed E-state index contributed by atoms with van der Waals surface area (Å²) in [6, 6.07) is 23.7. The predicted octanol–water partition coefficient (Wildman–Crippen LogP) is 2.75. The van der Waals surface area contributed by atoms with Crippen LogP contribution in [0.3, 0.4) is 0 Å². The Morgan fingerprint density at radius 3 is 2.10 bits per heavy atom. The lowest BCUT2D eigenvalue weighted by atomic mass is 9.63. The Morgan fingerprint density at radius 2 is 1.52 bits per heavy atom. The van der Waals surface area contributed by atoms with E-state index >= 15 is 0 Å². The number of para-hydroxylation sites is 2. The second-order valence-electron chi connectivity index (χ2n) is 11.9. The quantitative estimate of drug-likeness (QED) is 0.140. The van der Waals surface area contributed by atoms with E-state index in [0.717, 1.165) is 0 Å². The molecule has 1 unspecified atom stereocenters. The van der Waals surface area contributed by atoms with Crippen LogP contribution in [-0.4, -0.2) is 79.4 Å². The summed E-state index contributed by atoms with van der Waals surface area (Å²) in [5, 5.41) is 38.4. The molecule has 0 radical (unpaired) electrons. The minimum absolute atomic E-state index is 0.00650. The number of benzene rings is 3. The highest BCUT2D eigenvalue weighted by Crippen LogP contribution is 2.51. The number of methoxy groups -OCH3 is 2. The molecule has 2 aromatic heterocycles. The lowest BCUT2D eigenvalue weighted by Crippen LogP contribution is -2.52. The van der Waals surface area contributed by atoms with Crippen molar-refractivity contribution in [3.8, 4) is 11.5 Å². The molecule has 1 aliphatic rings. The van der Waals surface area contributed by atoms with Gasteiger partial charge in [0, 0.05) is 17.0 Å². The van der Waals surface area contributed by atoms with Gasteiger partial charge in [0.1, 0.15) is 35.9 Å². The number of rotatable bonds is 10. The number of carbonyl (C=O) groups excluding carboxylic acids is 1. The standard InChI is InChI=1S/C35H37N5O8/c1-19(2)31(44)38-34-37-30-25(32(45)39-34)36-18-40(30)33-27(42)26(41)28(48-33)29(43)35(20-12-6-5-7-13-20,21-14-8-10-16-23(21)46-3)22-15-9-11-17-24(22)47-4/h5-19,26-29,33,41-43H,1-4H3,(H2,37,38,39,44,45)/t26-,27+,28-,29?,33+/m0/s1. The van der Waals surface area contributed by atoms with Crippen molar-refractivity contribution < 1.29 is 34.3 Å². The van der Waals surface area contributed by atoms with E-state index in [1.807, 2.05) is 66.7 Å². The van der Waals surface area contributed by atoms with Gasteiger partial charge in [-0.25, -0.2) is 4.98 Å². The van der Waals surface area contributed by atoms with Crippen LogP contribution >= 0.6 is 0 Å². The topological polar surface area (TPSA) is 181 Å². The molecule has 1 fully saturated rings. The summed E-state index contributed by atoms with van der Waals surface area (Å²) in [6.45, 7) is 3.38. The van der Waals surface area contributed by atoms with Gasteiger partial charge in [0.2, 0.25) is 11.9 Å². The Labute approximate surface area is 275 Å². The molecule has 5 atom stereocenters. The first kappa shape index (κ1) is 32.8. The lowest BCUT2D eigenvalue weighted by molar-refractivity contribution is -0.118. The van der Waals surface area contributed by atoms with Gasteiger partial charge in [-0.15, -0.1) is 0 Å². The molecule has 48 heavy (non-hydrogen) atoms. The van der Waals surface area contributed by atoms with E-state index in [4.69, 9.17) is 14.2 Å². The minimum atomic E-state index is -1.63. The Balaban J connectivity index is 1.52. The third kappa shape index (κ3) is 5.40. The first-order valence-electron chi connectivity index (χ1n) is 15.4. The van der Waals surface area contributed by atoms with E-state index in [1.54, 1.807) is 26.0 Å². The van der Waals surface area contributed by atoms with E-state index in [0.29, 0.717) is 28.2 Å². The maximum absolute atomic E-state index is 12.9. The highest BCUT2D eigenvalue weighted by Gasteiger charge is 2.56. The number of hydrogen-bond donors (Lipinski definition) is 5. The normalized spacial score (nSPS) is 20.2. The molecule has 1 aliphatic heterocycles. The molecule has 0 aliphatic carbocycles. The van der Waals surface area contributed by atoms with Crippen LogP contribution in [0.1, 0.15) is 36.8 Å². The van der Waals surface area contributed by atoms with Gasteiger partial charge >= 0.3 is 0 Å². The third-order valence-electron chi connectivity index (χ3n) is 8.80. The zero-order chi connectivity index (χ0) is 34.2. The van der Waals surface area contributed by atoms with Crippen molar-refractivity contribution in [3.05, 3.63) is 112 Å². The van der Waals surface area contributed by atoms with Crippen LogP contribution in [0.5, 0.6) is 11.5 Å². The van der Waals surface area contributed by atoms with Crippen molar-refractivity contribution in [1.29, 1.82) is 0 Å². The highest BCUT2D eigenvalue weighted by atomic mass is 16.6. The van der Waals surface area contributed by atoms with E-state index < -0.39 is 41.6 Å². The van der Waals surface area contributed by atoms with Crippen LogP contribution < -0.4 is 20.3 Å². The molecule has 6 rings (SSSR count). The fourth-order valence-electron chi connectivity index (χ4n) is 6.44. The number of H-pyrrole nitrogens is 1. The Morgan fingerprint density at radius 1 is 0.938 bits per heavy atom. The molecule has 0 spiro atoms. The van der Waals surface area contributed by atoms with Crippen molar-refractivity contribution in [3.63, 3.8) is 0 Å². The molecule has 13 nitrogen and oxygen atoms in total. The molecule has 3 heterocycles. The van der Waals surface area contributed by atoms with Crippen LogP contribution in [-0.2, 0) is 14.9 Å². The van der Waals surface area contributed by atoms with Gasteiger partial charge in [0.05, 0.1) is 26.0 Å². The van der Waals surface area contributed by atoms with Crippen LogP contribution in [0.2, 0.25) is 0 Å². The average Bonchev–Trinajstić information content (AvgIpc) is 3.66. The second kappa shape index (κ2) is 13.2. The number of hydrogen-bond acceptors (Lipinski definition) is 10. The summed E-state index contributed by atoms with van der Waals surface area (Å²) < 4.78 is 19.3. The summed E-state index contributed by atoms with van der Waals surface area (Å²) in [6.07, 6.45) is -6.30. The zero-order valence-corrected chi connectivity index (χ0v) is 26.8. The molecule has 5 aromatic rings. The van der Waals surface area contributed by atoms with Gasteiger partial charge in [0.25, 0.3) is 5.56 Å². The fraction of sp³-hybridized carbons (Fsp3) is 0.314. The molecule has 3 aromatic carbocycles. The molecule has 0 bridgehead atoms. The molecule has 1 saturated heterocycles. The number of anilines is 1. The number of nitrogens with zero attached hydrogens (tertiary/aromatic N) is 3. The fourth-order valence-corrected chi connectivity index (χ4v) is 6.44. The SMILES string of the molecule is COc1ccccc1C(c1ccccc1)(c1ccccc1OC)C(O)[C@H]1O[C@@H](n2cnc3c(=O)[nH]c(NC(=O)C(C)C)nc32)[C@H](O)[C@@H]1O. The number of imidazole rings is 1. The maximum atomic E-state index is 12.9. The average molecular weight is 656 g/mol. The van der Waals surface area contributed by atoms with E-state index in [-0.39, 0.29) is 28.9 Å². The molecule has 0 saturated carbocycles. The summed E-state index contributed by atoms with van der Waals surface area (Å²) in [4.78, 5) is 36.3. The van der Waals surface area contributed by atoms with E-state index in [1.165, 1.54) is 25.1 Å². The number of nitrogens with one attached hydrogen (secondary N) is 2. The van der Waals surface area contributed by atoms with E-state index in [9.17, 15) is 24.9 Å². The van der Waals surface area contributed by atoms with Crippen LogP contribution in [0, 0.1) is 5.92 Å². The van der Waals surface area contributed by atoms with Crippen molar-refractivity contribution in [2.45, 2.75) is 49.9 Å². The van der Waals surface area contributed by atoms with Gasteiger partial charge in [-0.05, 0) is 17.7 Å². The summed E-state index contributed by atoms with van der Waals surface area (Å²) >= 11 is 0. The number of amides is 1. The Bertz CT molecular complexity index is 1930. The highest BCUT2D eigenvalue weighted by molar-refractivity contribution is 5.91. The number of aromatic amines is 1. The first-order chi connectivity index (χ1) is 23.1. The summed E-state index contributed by atoms with van der Waals surface area (Å²) in [7, 11) is 3.06. The summed E-state index contributed by atoms with van der Waals surface area (Å²) in [5.74, 6) is 0.0358. The maximum Gasteiger partial charge on any atom is 0.280 e. The minimum Gasteiger partial charge on any atom is -0.496 e. The van der Waals surface area contributed by atoms with Gasteiger partial charge in [-0.1, -0.05) is 80.6 Å². The second-order valence-corrected chi connectivity index (χ2v) is 11.9. The van der Waals surface area contributed by atoms with Crippen LogP contribution in [0.15, 0.2) is 90.0 Å². The molecular weight excluding hydrogens is 618 g/mol. The van der Waals surface area contributed by atoms with Crippen molar-refractivity contribution in [1.82, 2.24) is 19.5 Å². The number of ether oxygens (including phenoxy) is 3. The number of carbonyl (C=O) groups is 1. The molecular formula is C35H37N5O8. The Kier molecular flexibility index (Phi) is 9.03. The largest absolute Gasteiger partial charge is 0.496 e. The number of aliphatic hydroxyl groups excluding tert-OH is 3. The van der Waals surface area contributed by atoms with Crippen LogP contribution in [0.4, 0.5) is 5.95 Å². The van der Waals surface area contributed by atoms with Crippen molar-refractivity contribution in [2.75, 3.05) is 19.5 Å². The lowest BCUT2D eigenvalue weighted by Gasteiger charge is -2.43. The third-order valence-corrected chi connectivity index (χ3v) is 8.80. The van der Waals surface area contributed by atoms with Gasteiger partial charge in [0.15, 0.2) is 17.4 Å². The summed E-state index contributed by atoms with van der Waals surface area (Å²) in [5.41, 5.74) is -0.458. The van der Waals surface area contributed by atoms with Gasteiger partial charge < -0.3 is 29.5 Å². The van der Waals surface area contributed by atoms with Crippen LogP contribution in [0.25, 0.3) is 11.2 Å². The van der Waals surface area contributed by atoms with Gasteiger partial charge in [-0.2, -0.15) is 4.98 Å². The predicted molar refractivity (Wildman–Crippen MR) is 176 cm³/mol. The molecule has 13 heteroatoms. The van der Waals surface area contributed by atoms with Gasteiger partial charge in [-0.3, -0.25) is 24.5 Å². The van der Waals surface area contributed by atoms with E-state index in [2.05, 4.69) is 20.3 Å². The number of aromatic nitrogens is 4. The van der Waals surface area contributed by atoms with Crippen molar-refractivity contribution in [2.24, 2.45) is 5.92 Å². The first-order valence-corrected chi connectivity index (χ1v) is 15.4. The zero-order valence-electron chi connectivity index (χ0n) is 26.8. The molecule has 250 valence electrons. The monoisotopic (exact) mass is 655 g/mol. The Hall–Kier alpha value is -5.08. The van der Waals surface area contributed by atoms with Crippen molar-refractivity contribution >= 4 is 23.0 Å². The number of fused-ring (bicyclic) bond motifs is 1.